The Balaban J connectivity index is 1.38. The molecule has 29 heavy (non-hydrogen) atoms. The van der Waals surface area contributed by atoms with Gasteiger partial charge < -0.3 is 14.5 Å². The smallest absolute Gasteiger partial charge is 0.359 e. The SMILES string of the molecule is Cc1ncccc1C(=O)N1CCc2nc(NC(=O)OC(=O)N3CCCC3)sc2C1. The number of carbonyl (C=O) groups excluding carboxylic acids is 3. The molecule has 4 rings (SSSR count). The van der Waals surface area contributed by atoms with Crippen molar-refractivity contribution in [1.82, 2.24) is 19.8 Å². The van der Waals surface area contributed by atoms with E-state index in [1.54, 1.807) is 23.2 Å². The van der Waals surface area contributed by atoms with Crippen molar-refractivity contribution in [3.63, 3.8) is 0 Å². The van der Waals surface area contributed by atoms with E-state index >= 15 is 0 Å². The van der Waals surface area contributed by atoms with Crippen LogP contribution in [0.3, 0.4) is 0 Å². The van der Waals surface area contributed by atoms with Crippen LogP contribution in [0, 0.1) is 6.92 Å². The van der Waals surface area contributed by atoms with Crippen LogP contribution >= 0.6 is 11.3 Å². The van der Waals surface area contributed by atoms with Crippen molar-refractivity contribution >= 4 is 34.6 Å². The van der Waals surface area contributed by atoms with Crippen molar-refractivity contribution in [3.8, 4) is 0 Å². The average molecular weight is 415 g/mol. The number of aryl methyl sites for hydroxylation is 1. The van der Waals surface area contributed by atoms with Gasteiger partial charge in [-0.2, -0.15) is 0 Å². The summed E-state index contributed by atoms with van der Waals surface area (Å²) in [5.74, 6) is -0.0696. The van der Waals surface area contributed by atoms with Gasteiger partial charge in [-0.05, 0) is 31.9 Å². The highest BCUT2D eigenvalue weighted by Crippen LogP contribution is 2.29. The Bertz CT molecular complexity index is 954. The number of carbonyl (C=O) groups is 3. The molecule has 2 aromatic heterocycles. The molecule has 2 aliphatic heterocycles. The van der Waals surface area contributed by atoms with Crippen LogP contribution in [-0.4, -0.2) is 57.5 Å². The second-order valence-corrected chi connectivity index (χ2v) is 8.06. The molecular formula is C19H21N5O4S. The van der Waals surface area contributed by atoms with Gasteiger partial charge in [-0.25, -0.2) is 14.6 Å². The van der Waals surface area contributed by atoms with Crippen LogP contribution in [-0.2, 0) is 17.7 Å². The summed E-state index contributed by atoms with van der Waals surface area (Å²) in [6.45, 7) is 3.99. The van der Waals surface area contributed by atoms with E-state index in [9.17, 15) is 14.4 Å². The molecule has 9 nitrogen and oxygen atoms in total. The van der Waals surface area contributed by atoms with Crippen molar-refractivity contribution in [2.24, 2.45) is 0 Å². The maximum absolute atomic E-state index is 12.8. The molecule has 1 N–H and O–H groups in total. The van der Waals surface area contributed by atoms with Gasteiger partial charge in [-0.3, -0.25) is 15.1 Å². The number of hydrogen-bond acceptors (Lipinski definition) is 7. The number of rotatable bonds is 2. The predicted octanol–water partition coefficient (Wildman–Crippen LogP) is 2.81. The molecule has 0 unspecified atom stereocenters. The fraction of sp³-hybridized carbons (Fsp3) is 0.421. The Labute approximate surface area is 171 Å². The lowest BCUT2D eigenvalue weighted by Crippen LogP contribution is -2.36. The number of likely N-dealkylation sites (tertiary alicyclic amines) is 1. The molecule has 0 bridgehead atoms. The fourth-order valence-electron chi connectivity index (χ4n) is 3.46. The molecule has 4 heterocycles. The minimum Gasteiger partial charge on any atom is -0.359 e. The highest BCUT2D eigenvalue weighted by Gasteiger charge is 2.27. The number of nitrogens with zero attached hydrogens (tertiary/aromatic N) is 4. The Morgan fingerprint density at radius 1 is 1.17 bits per heavy atom. The molecule has 1 fully saturated rings. The number of nitrogens with one attached hydrogen (secondary N) is 1. The molecule has 0 atom stereocenters. The first kappa shape index (κ1) is 19.3. The van der Waals surface area contributed by atoms with Gasteiger partial charge in [-0.15, -0.1) is 0 Å². The Morgan fingerprint density at radius 2 is 1.97 bits per heavy atom. The van der Waals surface area contributed by atoms with E-state index in [0.29, 0.717) is 49.0 Å². The van der Waals surface area contributed by atoms with Gasteiger partial charge in [-0.1, -0.05) is 11.3 Å². The van der Waals surface area contributed by atoms with E-state index in [4.69, 9.17) is 4.74 Å². The first-order valence-electron chi connectivity index (χ1n) is 9.48. The van der Waals surface area contributed by atoms with Gasteiger partial charge in [0.1, 0.15) is 0 Å². The van der Waals surface area contributed by atoms with Crippen LogP contribution in [0.1, 0.15) is 39.5 Å². The highest BCUT2D eigenvalue weighted by molar-refractivity contribution is 7.15. The van der Waals surface area contributed by atoms with Crippen molar-refractivity contribution in [1.29, 1.82) is 0 Å². The first-order chi connectivity index (χ1) is 14.0. The third-order valence-electron chi connectivity index (χ3n) is 5.01. The summed E-state index contributed by atoms with van der Waals surface area (Å²) in [7, 11) is 0. The predicted molar refractivity (Wildman–Crippen MR) is 106 cm³/mol. The lowest BCUT2D eigenvalue weighted by Gasteiger charge is -2.26. The van der Waals surface area contributed by atoms with Crippen LogP contribution < -0.4 is 5.32 Å². The zero-order valence-corrected chi connectivity index (χ0v) is 16.8. The molecule has 2 aliphatic rings. The summed E-state index contributed by atoms with van der Waals surface area (Å²) < 4.78 is 4.83. The molecule has 0 saturated carbocycles. The molecule has 0 spiro atoms. The molecule has 152 valence electrons. The van der Waals surface area contributed by atoms with Gasteiger partial charge >= 0.3 is 12.2 Å². The number of thiazole rings is 1. The monoisotopic (exact) mass is 415 g/mol. The van der Waals surface area contributed by atoms with Crippen molar-refractivity contribution in [2.45, 2.75) is 32.7 Å². The zero-order chi connectivity index (χ0) is 20.4. The largest absolute Gasteiger partial charge is 0.422 e. The van der Waals surface area contributed by atoms with Crippen molar-refractivity contribution in [2.75, 3.05) is 25.0 Å². The van der Waals surface area contributed by atoms with Gasteiger partial charge in [0, 0.05) is 42.8 Å². The fourth-order valence-corrected chi connectivity index (χ4v) is 4.47. The van der Waals surface area contributed by atoms with Gasteiger partial charge in [0.25, 0.3) is 5.91 Å². The summed E-state index contributed by atoms with van der Waals surface area (Å²) >= 11 is 1.29. The number of hydrogen-bond donors (Lipinski definition) is 1. The van der Waals surface area contributed by atoms with E-state index in [1.165, 1.54) is 16.2 Å². The molecular weight excluding hydrogens is 394 g/mol. The average Bonchev–Trinajstić information content (AvgIpc) is 3.36. The van der Waals surface area contributed by atoms with Crippen molar-refractivity contribution in [3.05, 3.63) is 40.2 Å². The van der Waals surface area contributed by atoms with Gasteiger partial charge in [0.05, 0.1) is 17.8 Å². The maximum Gasteiger partial charge on any atom is 0.422 e. The molecule has 3 amide bonds. The Hall–Kier alpha value is -3.01. The van der Waals surface area contributed by atoms with Crippen molar-refractivity contribution < 1.29 is 19.1 Å². The second kappa shape index (κ2) is 8.16. The van der Waals surface area contributed by atoms with E-state index < -0.39 is 12.2 Å². The van der Waals surface area contributed by atoms with Crippen LogP contribution in [0.2, 0.25) is 0 Å². The van der Waals surface area contributed by atoms with Gasteiger partial charge in [0.2, 0.25) is 0 Å². The highest BCUT2D eigenvalue weighted by atomic mass is 32.1. The lowest BCUT2D eigenvalue weighted by molar-refractivity contribution is 0.0735. The van der Waals surface area contributed by atoms with E-state index in [0.717, 1.165) is 23.4 Å². The van der Waals surface area contributed by atoms with Gasteiger partial charge in [0.15, 0.2) is 5.13 Å². The number of aromatic nitrogens is 2. The van der Waals surface area contributed by atoms with Crippen LogP contribution in [0.5, 0.6) is 0 Å². The van der Waals surface area contributed by atoms with Crippen LogP contribution in [0.15, 0.2) is 18.3 Å². The number of fused-ring (bicyclic) bond motifs is 1. The number of anilines is 1. The lowest BCUT2D eigenvalue weighted by atomic mass is 10.1. The third kappa shape index (κ3) is 4.21. The number of ether oxygens (including phenoxy) is 1. The summed E-state index contributed by atoms with van der Waals surface area (Å²) in [4.78, 5) is 49.5. The maximum atomic E-state index is 12.8. The minimum absolute atomic E-state index is 0.0696. The first-order valence-corrected chi connectivity index (χ1v) is 10.3. The van der Waals surface area contributed by atoms with Crippen LogP contribution in [0.4, 0.5) is 14.7 Å². The molecule has 0 aromatic carbocycles. The molecule has 1 saturated heterocycles. The summed E-state index contributed by atoms with van der Waals surface area (Å²) in [5.41, 5.74) is 2.13. The topological polar surface area (TPSA) is 105 Å². The zero-order valence-electron chi connectivity index (χ0n) is 16.0. The summed E-state index contributed by atoms with van der Waals surface area (Å²) in [6.07, 6.45) is 2.62. The number of pyridine rings is 1. The molecule has 0 radical (unpaired) electrons. The second-order valence-electron chi connectivity index (χ2n) is 6.98. The standard InChI is InChI=1S/C19H21N5O4S/c1-12-13(5-4-7-20-12)16(25)24-10-6-14-15(11-24)29-17(21-14)22-18(26)28-19(27)23-8-2-3-9-23/h4-5,7H,2-3,6,8-11H2,1H3,(H,21,22,26). The van der Waals surface area contributed by atoms with E-state index in [-0.39, 0.29) is 5.91 Å². The minimum atomic E-state index is -0.841. The Morgan fingerprint density at radius 3 is 2.72 bits per heavy atom. The molecule has 0 aliphatic carbocycles. The number of amides is 3. The molecule has 2 aromatic rings. The van der Waals surface area contributed by atoms with E-state index in [1.807, 2.05) is 6.92 Å². The summed E-state index contributed by atoms with van der Waals surface area (Å²) in [5, 5.41) is 2.89. The van der Waals surface area contributed by atoms with E-state index in [2.05, 4.69) is 15.3 Å². The Kier molecular flexibility index (Phi) is 5.43. The summed E-state index contributed by atoms with van der Waals surface area (Å²) in [6, 6.07) is 3.52. The normalized spacial score (nSPS) is 15.8. The third-order valence-corrected chi connectivity index (χ3v) is 6.01. The van der Waals surface area contributed by atoms with Crippen LogP contribution in [0.25, 0.3) is 0 Å². The quantitative estimate of drug-likeness (QED) is 0.757. The molecule has 10 heteroatoms.